The minimum Gasteiger partial charge on any atom is -0.340 e. The molecule has 1 aromatic carbocycles. The molecule has 2 heterocycles. The van der Waals surface area contributed by atoms with E-state index >= 15 is 0 Å². The highest BCUT2D eigenvalue weighted by atomic mass is 19.4. The van der Waals surface area contributed by atoms with Gasteiger partial charge in [-0.2, -0.15) is 13.2 Å². The van der Waals surface area contributed by atoms with E-state index in [1.54, 1.807) is 6.07 Å². The van der Waals surface area contributed by atoms with E-state index in [1.807, 2.05) is 11.8 Å². The van der Waals surface area contributed by atoms with Crippen LogP contribution in [-0.4, -0.2) is 55.0 Å². The van der Waals surface area contributed by atoms with E-state index in [2.05, 4.69) is 10.2 Å². The Morgan fingerprint density at radius 2 is 1.92 bits per heavy atom. The molecule has 4 nitrogen and oxygen atoms in total. The van der Waals surface area contributed by atoms with Crippen molar-refractivity contribution in [2.24, 2.45) is 11.8 Å². The first kappa shape index (κ1) is 18.2. The van der Waals surface area contributed by atoms with Crippen LogP contribution in [-0.2, 0) is 17.5 Å². The van der Waals surface area contributed by atoms with Gasteiger partial charge in [-0.15, -0.1) is 0 Å². The zero-order valence-corrected chi connectivity index (χ0v) is 14.4. The molecule has 0 aliphatic carbocycles. The average molecular weight is 355 g/mol. The predicted molar refractivity (Wildman–Crippen MR) is 88.8 cm³/mol. The van der Waals surface area contributed by atoms with Crippen molar-refractivity contribution in [3.05, 3.63) is 35.4 Å². The Balaban J connectivity index is 1.52. The van der Waals surface area contributed by atoms with Crippen LogP contribution in [0.5, 0.6) is 0 Å². The molecular weight excluding hydrogens is 331 g/mol. The first-order valence-corrected chi connectivity index (χ1v) is 8.72. The fourth-order valence-electron chi connectivity index (χ4n) is 3.38. The number of amides is 1. The lowest BCUT2D eigenvalue weighted by atomic mass is 9.88. The van der Waals surface area contributed by atoms with Crippen molar-refractivity contribution in [2.45, 2.75) is 19.6 Å². The number of hydrogen-bond donors (Lipinski definition) is 1. The summed E-state index contributed by atoms with van der Waals surface area (Å²) < 4.78 is 38.4. The van der Waals surface area contributed by atoms with Crippen molar-refractivity contribution < 1.29 is 18.0 Å². The molecule has 1 atom stereocenters. The number of nitrogens with zero attached hydrogens (tertiary/aromatic N) is 2. The zero-order valence-electron chi connectivity index (χ0n) is 14.4. The highest BCUT2D eigenvalue weighted by molar-refractivity contribution is 5.79. The fraction of sp³-hybridized carbons (Fsp3) is 0.611. The second-order valence-corrected chi connectivity index (χ2v) is 7.01. The maximum Gasteiger partial charge on any atom is 0.416 e. The summed E-state index contributed by atoms with van der Waals surface area (Å²) in [5.74, 6) is 0.664. The van der Waals surface area contributed by atoms with Gasteiger partial charge in [0, 0.05) is 38.6 Å². The largest absolute Gasteiger partial charge is 0.416 e. The second-order valence-electron chi connectivity index (χ2n) is 7.01. The Labute approximate surface area is 146 Å². The van der Waals surface area contributed by atoms with Crippen LogP contribution in [0.25, 0.3) is 0 Å². The normalized spacial score (nSPS) is 21.0. The molecule has 138 valence electrons. The summed E-state index contributed by atoms with van der Waals surface area (Å²) >= 11 is 0. The molecule has 1 amide bonds. The molecule has 25 heavy (non-hydrogen) atoms. The lowest BCUT2D eigenvalue weighted by Crippen LogP contribution is -2.54. The third-order valence-electron chi connectivity index (χ3n) is 5.25. The number of carbonyl (C=O) groups is 1. The first-order valence-electron chi connectivity index (χ1n) is 8.72. The Kier molecular flexibility index (Phi) is 5.34. The lowest BCUT2D eigenvalue weighted by Gasteiger charge is -2.39. The van der Waals surface area contributed by atoms with Gasteiger partial charge in [-0.3, -0.25) is 9.69 Å². The topological polar surface area (TPSA) is 35.6 Å². The van der Waals surface area contributed by atoms with E-state index in [-0.39, 0.29) is 11.8 Å². The zero-order chi connectivity index (χ0) is 18.0. The number of hydrogen-bond acceptors (Lipinski definition) is 3. The van der Waals surface area contributed by atoms with Crippen LogP contribution in [0.2, 0.25) is 0 Å². The standard InChI is InChI=1S/C18H24F3N3O/c1-13(15-10-22-11-15)17(25)24-7-5-23(6-8-24)12-14-3-2-4-16(9-14)18(19,20)21/h2-4,9,13,15,22H,5-8,10-12H2,1H3. The van der Waals surface area contributed by atoms with Crippen molar-refractivity contribution in [3.8, 4) is 0 Å². The number of piperazine rings is 1. The molecule has 0 aromatic heterocycles. The lowest BCUT2D eigenvalue weighted by molar-refractivity contribution is -0.139. The summed E-state index contributed by atoms with van der Waals surface area (Å²) in [6, 6.07) is 5.48. The highest BCUT2D eigenvalue weighted by Gasteiger charge is 2.33. The van der Waals surface area contributed by atoms with E-state index in [1.165, 1.54) is 12.1 Å². The monoisotopic (exact) mass is 355 g/mol. The molecule has 0 bridgehead atoms. The van der Waals surface area contributed by atoms with Crippen molar-refractivity contribution in [2.75, 3.05) is 39.3 Å². The molecule has 3 rings (SSSR count). The van der Waals surface area contributed by atoms with Crippen LogP contribution < -0.4 is 5.32 Å². The van der Waals surface area contributed by atoms with Crippen molar-refractivity contribution in [1.29, 1.82) is 0 Å². The summed E-state index contributed by atoms with van der Waals surface area (Å²) in [6.07, 6.45) is -4.31. The molecule has 0 spiro atoms. The van der Waals surface area contributed by atoms with Gasteiger partial charge in [-0.1, -0.05) is 25.1 Å². The summed E-state index contributed by atoms with van der Waals surface area (Å²) in [7, 11) is 0. The maximum atomic E-state index is 12.8. The number of alkyl halides is 3. The molecule has 1 N–H and O–H groups in total. The number of halogens is 3. The van der Waals surface area contributed by atoms with Crippen LogP contribution in [0.15, 0.2) is 24.3 Å². The smallest absolute Gasteiger partial charge is 0.340 e. The van der Waals surface area contributed by atoms with Gasteiger partial charge < -0.3 is 10.2 Å². The molecule has 2 aliphatic rings. The number of benzene rings is 1. The maximum absolute atomic E-state index is 12.8. The molecule has 1 unspecified atom stereocenters. The molecule has 2 aliphatic heterocycles. The van der Waals surface area contributed by atoms with Gasteiger partial charge in [0.05, 0.1) is 5.56 Å². The Bertz CT molecular complexity index is 608. The van der Waals surface area contributed by atoms with Gasteiger partial charge in [-0.25, -0.2) is 0 Å². The number of nitrogens with one attached hydrogen (secondary N) is 1. The molecule has 2 fully saturated rings. The summed E-state index contributed by atoms with van der Waals surface area (Å²) in [6.45, 7) is 6.95. The SMILES string of the molecule is CC(C(=O)N1CCN(Cc2cccc(C(F)(F)F)c2)CC1)C1CNC1. The predicted octanol–water partition coefficient (Wildman–Crippen LogP) is 2.21. The van der Waals surface area contributed by atoms with Gasteiger partial charge in [0.15, 0.2) is 0 Å². The Hall–Kier alpha value is -1.60. The van der Waals surface area contributed by atoms with Crippen molar-refractivity contribution in [3.63, 3.8) is 0 Å². The summed E-state index contributed by atoms with van der Waals surface area (Å²) in [5.41, 5.74) is 0.0465. The third kappa shape index (κ3) is 4.33. The van der Waals surface area contributed by atoms with Crippen molar-refractivity contribution >= 4 is 5.91 Å². The van der Waals surface area contributed by atoms with Gasteiger partial charge in [0.1, 0.15) is 0 Å². The van der Waals surface area contributed by atoms with Gasteiger partial charge in [0.25, 0.3) is 0 Å². The Morgan fingerprint density at radius 3 is 2.48 bits per heavy atom. The van der Waals surface area contributed by atoms with E-state index in [0.29, 0.717) is 44.2 Å². The molecule has 7 heteroatoms. The quantitative estimate of drug-likeness (QED) is 0.900. The van der Waals surface area contributed by atoms with Gasteiger partial charge >= 0.3 is 6.18 Å². The van der Waals surface area contributed by atoms with E-state index in [4.69, 9.17) is 0 Å². The summed E-state index contributed by atoms with van der Waals surface area (Å²) in [4.78, 5) is 16.5. The minimum atomic E-state index is -4.31. The van der Waals surface area contributed by atoms with Gasteiger partial charge in [-0.05, 0) is 30.6 Å². The average Bonchev–Trinajstić information content (AvgIpc) is 2.53. The van der Waals surface area contributed by atoms with Crippen LogP contribution >= 0.6 is 0 Å². The van der Waals surface area contributed by atoms with Crippen LogP contribution in [0.3, 0.4) is 0 Å². The first-order chi connectivity index (χ1) is 11.8. The van der Waals surface area contributed by atoms with Gasteiger partial charge in [0.2, 0.25) is 5.91 Å². The second kappa shape index (κ2) is 7.33. The van der Waals surface area contributed by atoms with Crippen molar-refractivity contribution in [1.82, 2.24) is 15.1 Å². The highest BCUT2D eigenvalue weighted by Crippen LogP contribution is 2.29. The van der Waals surface area contributed by atoms with E-state index < -0.39 is 11.7 Å². The van der Waals surface area contributed by atoms with Crippen LogP contribution in [0.4, 0.5) is 13.2 Å². The molecule has 0 saturated carbocycles. The van der Waals surface area contributed by atoms with E-state index in [9.17, 15) is 18.0 Å². The minimum absolute atomic E-state index is 0.0382. The molecule has 2 saturated heterocycles. The molecular formula is C18H24F3N3O. The molecule has 0 radical (unpaired) electrons. The molecule has 1 aromatic rings. The fourth-order valence-corrected chi connectivity index (χ4v) is 3.38. The van der Waals surface area contributed by atoms with Crippen LogP contribution in [0.1, 0.15) is 18.1 Å². The van der Waals surface area contributed by atoms with Crippen LogP contribution in [0, 0.1) is 11.8 Å². The number of carbonyl (C=O) groups excluding carboxylic acids is 1. The van der Waals surface area contributed by atoms with E-state index in [0.717, 1.165) is 19.2 Å². The summed E-state index contributed by atoms with van der Waals surface area (Å²) in [5, 5.41) is 3.19. The third-order valence-corrected chi connectivity index (χ3v) is 5.25. The number of rotatable bonds is 4. The Morgan fingerprint density at radius 1 is 1.24 bits per heavy atom.